The zero-order valence-corrected chi connectivity index (χ0v) is 12.3. The fraction of sp³-hybridized carbons (Fsp3) is 0.636. The maximum absolute atomic E-state index is 5.17. The molecule has 0 aromatic heterocycles. The Morgan fingerprint density at radius 1 is 1.07 bits per heavy atom. The molecule has 0 unspecified atom stereocenters. The minimum absolute atomic E-state index is 0.758. The van der Waals surface area contributed by atoms with Gasteiger partial charge in [-0.05, 0) is 35.8 Å². The summed E-state index contributed by atoms with van der Waals surface area (Å²) in [5.41, 5.74) is 0. The molecule has 0 rings (SSSR count). The molecule has 0 aliphatic carbocycles. The van der Waals surface area contributed by atoms with Crippen molar-refractivity contribution in [2.24, 2.45) is 0 Å². The zero-order valence-electron chi connectivity index (χ0n) is 10.7. The first-order valence-corrected chi connectivity index (χ1v) is 9.74. The Balaban J connectivity index is 4.88. The predicted octanol–water partition coefficient (Wildman–Crippen LogP) is 3.18. The van der Waals surface area contributed by atoms with Crippen LogP contribution in [0.4, 0.5) is 0 Å². The van der Waals surface area contributed by atoms with Gasteiger partial charge in [0, 0.05) is 13.7 Å². The zero-order chi connectivity index (χ0) is 12.1. The lowest BCUT2D eigenvalue weighted by atomic mass is 10.7. The van der Waals surface area contributed by atoms with Crippen LogP contribution < -0.4 is 0 Å². The predicted molar refractivity (Wildman–Crippen MR) is 77.9 cm³/mol. The van der Waals surface area contributed by atoms with E-state index in [2.05, 4.69) is 52.7 Å². The first-order chi connectivity index (χ1) is 6.81. The molecule has 0 spiro atoms. The average molecular weight is 251 g/mol. The fourth-order valence-corrected chi connectivity index (χ4v) is 7.05. The molecule has 0 saturated carbocycles. The summed E-state index contributed by atoms with van der Waals surface area (Å²) in [7, 11) is -0.0979. The average Bonchev–Trinajstić information content (AvgIpc) is 2.18. The highest BCUT2D eigenvalue weighted by Crippen LogP contribution is 2.61. The second-order valence-electron chi connectivity index (χ2n) is 4.08. The van der Waals surface area contributed by atoms with E-state index in [0.29, 0.717) is 0 Å². The van der Waals surface area contributed by atoms with Crippen LogP contribution in [0.15, 0.2) is 24.0 Å². The topological polar surface area (TPSA) is 12.5 Å². The molecule has 0 aromatic rings. The van der Waals surface area contributed by atoms with Crippen LogP contribution in [0, 0.1) is 0 Å². The van der Waals surface area contributed by atoms with Crippen LogP contribution in [-0.4, -0.2) is 49.0 Å². The van der Waals surface area contributed by atoms with Gasteiger partial charge >= 0.3 is 0 Å². The molecule has 4 heteroatoms. The molecule has 15 heavy (non-hydrogen) atoms. The van der Waals surface area contributed by atoms with Crippen LogP contribution in [-0.2, 0) is 4.74 Å². The quantitative estimate of drug-likeness (QED) is 0.689. The SMILES string of the molecule is C=CS(C)(C)N(CCOC)S(C)(C)C=C. The summed E-state index contributed by atoms with van der Waals surface area (Å²) in [6, 6.07) is 0. The molecule has 0 aliphatic heterocycles. The Morgan fingerprint density at radius 3 is 1.73 bits per heavy atom. The van der Waals surface area contributed by atoms with Crippen molar-refractivity contribution in [1.82, 2.24) is 3.71 Å². The van der Waals surface area contributed by atoms with Crippen molar-refractivity contribution in [3.63, 3.8) is 0 Å². The van der Waals surface area contributed by atoms with Gasteiger partial charge in [0.1, 0.15) is 0 Å². The number of ether oxygens (including phenoxy) is 1. The van der Waals surface area contributed by atoms with E-state index >= 15 is 0 Å². The number of methoxy groups -OCH3 is 1. The van der Waals surface area contributed by atoms with Crippen molar-refractivity contribution in [2.75, 3.05) is 45.3 Å². The lowest BCUT2D eigenvalue weighted by Gasteiger charge is -2.51. The summed E-state index contributed by atoms with van der Waals surface area (Å²) in [5, 5.41) is 4.14. The van der Waals surface area contributed by atoms with Crippen LogP contribution >= 0.6 is 20.4 Å². The van der Waals surface area contributed by atoms with Crippen molar-refractivity contribution < 1.29 is 4.74 Å². The normalized spacial score (nSPS) is 15.1. The Bertz CT molecular complexity index is 207. The Kier molecular flexibility index (Phi) is 6.03. The van der Waals surface area contributed by atoms with Gasteiger partial charge in [-0.1, -0.05) is 13.2 Å². The molecule has 0 amide bonds. The first kappa shape index (κ1) is 15.1. The molecule has 0 heterocycles. The molecular weight excluding hydrogens is 226 g/mol. The van der Waals surface area contributed by atoms with Crippen LogP contribution in [0.25, 0.3) is 0 Å². The van der Waals surface area contributed by atoms with E-state index in [1.165, 1.54) is 0 Å². The van der Waals surface area contributed by atoms with Gasteiger partial charge in [-0.3, -0.25) is 0 Å². The molecular formula is C11H25NOS2. The number of hydrogen-bond acceptors (Lipinski definition) is 2. The van der Waals surface area contributed by atoms with Gasteiger partial charge in [-0.25, -0.2) is 3.71 Å². The van der Waals surface area contributed by atoms with E-state index in [4.69, 9.17) is 4.74 Å². The minimum atomic E-state index is -0.919. The molecule has 0 saturated heterocycles. The van der Waals surface area contributed by atoms with E-state index in [0.717, 1.165) is 13.2 Å². The summed E-state index contributed by atoms with van der Waals surface area (Å²) in [4.78, 5) is 0. The molecule has 92 valence electrons. The first-order valence-electron chi connectivity index (χ1n) is 4.80. The number of hydrogen-bond donors (Lipinski definition) is 0. The van der Waals surface area contributed by atoms with Crippen LogP contribution in [0.1, 0.15) is 0 Å². The maximum Gasteiger partial charge on any atom is 0.0607 e. The monoisotopic (exact) mass is 251 g/mol. The molecule has 0 radical (unpaired) electrons. The van der Waals surface area contributed by atoms with Gasteiger partial charge in [0.15, 0.2) is 0 Å². The van der Waals surface area contributed by atoms with Gasteiger partial charge in [-0.2, -0.15) is 20.4 Å². The molecule has 0 aromatic carbocycles. The highest BCUT2D eigenvalue weighted by atomic mass is 32.3. The van der Waals surface area contributed by atoms with Crippen LogP contribution in [0.5, 0.6) is 0 Å². The summed E-state index contributed by atoms with van der Waals surface area (Å²) in [6.07, 6.45) is 9.03. The van der Waals surface area contributed by atoms with Gasteiger partial charge in [-0.15, -0.1) is 0 Å². The third-order valence-electron chi connectivity index (χ3n) is 2.34. The Hall–Kier alpha value is 0.1000. The summed E-state index contributed by atoms with van der Waals surface area (Å²) in [6.45, 7) is 9.59. The maximum atomic E-state index is 5.17. The van der Waals surface area contributed by atoms with Crippen molar-refractivity contribution in [1.29, 1.82) is 0 Å². The highest BCUT2D eigenvalue weighted by Gasteiger charge is 2.27. The largest absolute Gasteiger partial charge is 0.383 e. The highest BCUT2D eigenvalue weighted by molar-refractivity contribution is 8.46. The summed E-state index contributed by atoms with van der Waals surface area (Å²) >= 11 is 0. The van der Waals surface area contributed by atoms with E-state index in [9.17, 15) is 0 Å². The second-order valence-corrected chi connectivity index (χ2v) is 11.3. The van der Waals surface area contributed by atoms with Crippen molar-refractivity contribution in [3.8, 4) is 0 Å². The summed E-state index contributed by atoms with van der Waals surface area (Å²) < 4.78 is 7.67. The third-order valence-corrected chi connectivity index (χ3v) is 8.74. The van der Waals surface area contributed by atoms with E-state index in [1.54, 1.807) is 7.11 Å². The van der Waals surface area contributed by atoms with Crippen molar-refractivity contribution >= 4 is 20.4 Å². The van der Waals surface area contributed by atoms with E-state index < -0.39 is 20.4 Å². The van der Waals surface area contributed by atoms with Gasteiger partial charge in [0.2, 0.25) is 0 Å². The van der Waals surface area contributed by atoms with Crippen molar-refractivity contribution in [2.45, 2.75) is 0 Å². The van der Waals surface area contributed by atoms with Crippen molar-refractivity contribution in [3.05, 3.63) is 24.0 Å². The van der Waals surface area contributed by atoms with E-state index in [1.807, 2.05) is 0 Å². The van der Waals surface area contributed by atoms with Gasteiger partial charge in [0.25, 0.3) is 0 Å². The fourth-order valence-electron chi connectivity index (χ4n) is 1.30. The number of rotatable bonds is 7. The lowest BCUT2D eigenvalue weighted by molar-refractivity contribution is 0.195. The standard InChI is InChI=1S/C11H25NOS2/c1-8-14(4,5)12(10-11-13-3)15(6,7)9-2/h8-9H,1-2,10-11H2,3-7H3. The minimum Gasteiger partial charge on any atom is -0.383 e. The molecule has 0 atom stereocenters. The molecule has 2 nitrogen and oxygen atoms in total. The van der Waals surface area contributed by atoms with Crippen LogP contribution in [0.3, 0.4) is 0 Å². The molecule has 0 aliphatic rings. The molecule has 0 N–H and O–H groups in total. The summed E-state index contributed by atoms with van der Waals surface area (Å²) in [5.74, 6) is 0. The third kappa shape index (κ3) is 4.23. The Labute approximate surface area is 98.3 Å². The second kappa shape index (κ2) is 5.99. The molecule has 0 fully saturated rings. The van der Waals surface area contributed by atoms with Gasteiger partial charge in [0.05, 0.1) is 6.61 Å². The Morgan fingerprint density at radius 2 is 1.47 bits per heavy atom. The number of nitrogens with zero attached hydrogens (tertiary/aromatic N) is 1. The molecule has 0 bridgehead atoms. The smallest absolute Gasteiger partial charge is 0.0607 e. The van der Waals surface area contributed by atoms with Gasteiger partial charge < -0.3 is 4.74 Å². The van der Waals surface area contributed by atoms with Crippen LogP contribution in [0.2, 0.25) is 0 Å². The van der Waals surface area contributed by atoms with E-state index in [-0.39, 0.29) is 0 Å². The lowest BCUT2D eigenvalue weighted by Crippen LogP contribution is -2.30.